The van der Waals surface area contributed by atoms with Crippen LogP contribution in [0.2, 0.25) is 0 Å². The summed E-state index contributed by atoms with van der Waals surface area (Å²) in [6, 6.07) is 6.15. The molecule has 1 aliphatic rings. The van der Waals surface area contributed by atoms with Gasteiger partial charge in [0, 0.05) is 5.56 Å². The lowest BCUT2D eigenvalue weighted by molar-refractivity contribution is -0.163. The van der Waals surface area contributed by atoms with Crippen molar-refractivity contribution >= 4 is 5.78 Å². The molecule has 0 saturated heterocycles. The molecule has 0 atom stereocenters. The normalized spacial score (nSPS) is 15.3. The number of alkyl halides is 4. The van der Waals surface area contributed by atoms with E-state index in [4.69, 9.17) is 4.74 Å². The average Bonchev–Trinajstić information content (AvgIpc) is 3.23. The second-order valence-electron chi connectivity index (χ2n) is 4.82. The number of ether oxygens (including phenoxy) is 2. The molecule has 3 nitrogen and oxygen atoms in total. The van der Waals surface area contributed by atoms with Gasteiger partial charge in [-0.3, -0.25) is 4.79 Å². The van der Waals surface area contributed by atoms with Crippen molar-refractivity contribution in [3.63, 3.8) is 0 Å². The third-order valence-corrected chi connectivity index (χ3v) is 2.85. The van der Waals surface area contributed by atoms with Gasteiger partial charge in [-0.2, -0.15) is 8.78 Å². The Bertz CT molecular complexity index is 483. The van der Waals surface area contributed by atoms with Crippen molar-refractivity contribution in [2.24, 2.45) is 0 Å². The van der Waals surface area contributed by atoms with E-state index in [-0.39, 0.29) is 11.7 Å². The monoisotopic (exact) mass is 306 g/mol. The van der Waals surface area contributed by atoms with Crippen molar-refractivity contribution in [2.45, 2.75) is 31.3 Å². The third kappa shape index (κ3) is 4.70. The molecular weight excluding hydrogens is 292 g/mol. The maximum absolute atomic E-state index is 12.6. The lowest BCUT2D eigenvalue weighted by Crippen LogP contribution is -2.33. The van der Waals surface area contributed by atoms with Gasteiger partial charge in [0.15, 0.2) is 5.78 Å². The van der Waals surface area contributed by atoms with E-state index in [1.54, 1.807) is 12.1 Å². The van der Waals surface area contributed by atoms with E-state index in [1.807, 2.05) is 0 Å². The minimum absolute atomic E-state index is 0.228. The summed E-state index contributed by atoms with van der Waals surface area (Å²) in [6.45, 7) is -2.16. The molecule has 0 spiro atoms. The molecule has 0 heterocycles. The van der Waals surface area contributed by atoms with Gasteiger partial charge in [0.05, 0.1) is 6.10 Å². The quantitative estimate of drug-likeness (QED) is 0.546. The van der Waals surface area contributed by atoms with Crippen molar-refractivity contribution in [2.75, 3.05) is 13.2 Å². The lowest BCUT2D eigenvalue weighted by Gasteiger charge is -2.14. The molecule has 1 aromatic carbocycles. The van der Waals surface area contributed by atoms with Crippen molar-refractivity contribution in [3.05, 3.63) is 29.8 Å². The van der Waals surface area contributed by atoms with E-state index in [0.29, 0.717) is 5.75 Å². The second-order valence-corrected chi connectivity index (χ2v) is 4.82. The first-order valence-electron chi connectivity index (χ1n) is 6.42. The fourth-order valence-corrected chi connectivity index (χ4v) is 1.52. The van der Waals surface area contributed by atoms with Crippen LogP contribution in [0.4, 0.5) is 17.6 Å². The number of Topliss-reactive ketones (excluding diaryl/α,β-unsaturated/α-hetero) is 1. The maximum Gasteiger partial charge on any atom is 0.330 e. The predicted octanol–water partition coefficient (Wildman–Crippen LogP) is 3.33. The van der Waals surface area contributed by atoms with E-state index in [9.17, 15) is 22.4 Å². The van der Waals surface area contributed by atoms with Crippen LogP contribution in [0.25, 0.3) is 0 Å². The summed E-state index contributed by atoms with van der Waals surface area (Å²) in [6.07, 6.45) is -1.57. The van der Waals surface area contributed by atoms with Crippen LogP contribution in [0, 0.1) is 0 Å². The Labute approximate surface area is 118 Å². The highest BCUT2D eigenvalue weighted by Crippen LogP contribution is 2.27. The Hall–Kier alpha value is -1.63. The number of carbonyl (C=O) groups is 1. The maximum atomic E-state index is 12.6. The van der Waals surface area contributed by atoms with Gasteiger partial charge in [-0.1, -0.05) is 0 Å². The van der Waals surface area contributed by atoms with Crippen molar-refractivity contribution in [1.29, 1.82) is 0 Å². The molecular formula is C14H14F4O3. The molecule has 0 bridgehead atoms. The van der Waals surface area contributed by atoms with Gasteiger partial charge in [-0.25, -0.2) is 8.78 Å². The van der Waals surface area contributed by atoms with Crippen LogP contribution in [0.15, 0.2) is 24.3 Å². The van der Waals surface area contributed by atoms with Gasteiger partial charge in [0.1, 0.15) is 19.0 Å². The largest absolute Gasteiger partial charge is 0.490 e. The zero-order valence-corrected chi connectivity index (χ0v) is 11.0. The zero-order valence-electron chi connectivity index (χ0n) is 11.0. The number of hydrogen-bond donors (Lipinski definition) is 0. The van der Waals surface area contributed by atoms with Gasteiger partial charge in [0.2, 0.25) is 0 Å². The first kappa shape index (κ1) is 15.8. The molecule has 0 unspecified atom stereocenters. The molecule has 1 saturated carbocycles. The van der Waals surface area contributed by atoms with Crippen LogP contribution in [0.5, 0.6) is 5.75 Å². The SMILES string of the molecule is O=C(COCC(F)(F)C(F)F)c1ccc(OC2CC2)cc1. The van der Waals surface area contributed by atoms with Crippen molar-refractivity contribution < 1.29 is 31.8 Å². The summed E-state index contributed by atoms with van der Waals surface area (Å²) < 4.78 is 58.8. The second kappa shape index (κ2) is 6.43. The molecule has 0 amide bonds. The Kier molecular flexibility index (Phi) is 4.82. The highest BCUT2D eigenvalue weighted by Gasteiger charge is 2.41. The van der Waals surface area contributed by atoms with Crippen LogP contribution in [0.1, 0.15) is 23.2 Å². The number of rotatable bonds is 8. The minimum atomic E-state index is -4.25. The molecule has 21 heavy (non-hydrogen) atoms. The fraction of sp³-hybridized carbons (Fsp3) is 0.500. The van der Waals surface area contributed by atoms with Gasteiger partial charge >= 0.3 is 12.3 Å². The third-order valence-electron chi connectivity index (χ3n) is 2.85. The summed E-state index contributed by atoms with van der Waals surface area (Å²) in [5.41, 5.74) is 0.249. The number of ketones is 1. The average molecular weight is 306 g/mol. The summed E-state index contributed by atoms with van der Waals surface area (Å²) in [4.78, 5) is 11.6. The highest BCUT2D eigenvalue weighted by atomic mass is 19.3. The van der Waals surface area contributed by atoms with Gasteiger partial charge < -0.3 is 9.47 Å². The molecule has 0 N–H and O–H groups in total. The summed E-state index contributed by atoms with van der Waals surface area (Å²) in [7, 11) is 0. The predicted molar refractivity (Wildman–Crippen MR) is 66.2 cm³/mol. The molecule has 0 aromatic heterocycles. The number of hydrogen-bond acceptors (Lipinski definition) is 3. The zero-order chi connectivity index (χ0) is 15.5. The molecule has 2 rings (SSSR count). The summed E-state index contributed by atoms with van der Waals surface area (Å²) in [5.74, 6) is -4.18. The molecule has 0 radical (unpaired) electrons. The van der Waals surface area contributed by atoms with E-state index >= 15 is 0 Å². The van der Waals surface area contributed by atoms with Crippen LogP contribution >= 0.6 is 0 Å². The van der Waals surface area contributed by atoms with Crippen LogP contribution < -0.4 is 4.74 Å². The summed E-state index contributed by atoms with van der Waals surface area (Å²) in [5, 5.41) is 0. The minimum Gasteiger partial charge on any atom is -0.490 e. The number of benzene rings is 1. The van der Waals surface area contributed by atoms with E-state index in [0.717, 1.165) is 12.8 Å². The number of halogens is 4. The molecule has 116 valence electrons. The van der Waals surface area contributed by atoms with Gasteiger partial charge in [-0.15, -0.1) is 0 Å². The summed E-state index contributed by atoms with van der Waals surface area (Å²) >= 11 is 0. The van der Waals surface area contributed by atoms with Gasteiger partial charge in [-0.05, 0) is 37.1 Å². The Morgan fingerprint density at radius 2 is 1.86 bits per heavy atom. The van der Waals surface area contributed by atoms with E-state index in [2.05, 4.69) is 4.74 Å². The van der Waals surface area contributed by atoms with E-state index in [1.165, 1.54) is 12.1 Å². The number of carbonyl (C=O) groups excluding carboxylic acids is 1. The smallest absolute Gasteiger partial charge is 0.330 e. The Balaban J connectivity index is 1.79. The van der Waals surface area contributed by atoms with Crippen molar-refractivity contribution in [1.82, 2.24) is 0 Å². The van der Waals surface area contributed by atoms with Crippen LogP contribution in [-0.2, 0) is 4.74 Å². The molecule has 7 heteroatoms. The lowest BCUT2D eigenvalue weighted by atomic mass is 10.1. The highest BCUT2D eigenvalue weighted by molar-refractivity contribution is 5.97. The van der Waals surface area contributed by atoms with Crippen LogP contribution in [-0.4, -0.2) is 37.4 Å². The van der Waals surface area contributed by atoms with E-state index < -0.39 is 31.3 Å². The molecule has 1 aromatic rings. The Morgan fingerprint density at radius 1 is 1.24 bits per heavy atom. The van der Waals surface area contributed by atoms with Crippen molar-refractivity contribution in [3.8, 4) is 5.75 Å². The molecule has 1 fully saturated rings. The molecule has 0 aliphatic heterocycles. The van der Waals surface area contributed by atoms with Crippen LogP contribution in [0.3, 0.4) is 0 Å². The Morgan fingerprint density at radius 3 is 2.38 bits per heavy atom. The standard InChI is InChI=1S/C14H14F4O3/c15-13(16)14(17,18)8-20-7-12(19)9-1-3-10(4-2-9)21-11-5-6-11/h1-4,11,13H,5-8H2. The first-order valence-corrected chi connectivity index (χ1v) is 6.42. The topological polar surface area (TPSA) is 35.5 Å². The molecule has 1 aliphatic carbocycles. The van der Waals surface area contributed by atoms with Gasteiger partial charge in [0.25, 0.3) is 0 Å². The first-order chi connectivity index (χ1) is 9.88. The fourth-order valence-electron chi connectivity index (χ4n) is 1.52.